The topological polar surface area (TPSA) is 131 Å². The van der Waals surface area contributed by atoms with Crippen molar-refractivity contribution in [2.75, 3.05) is 25.1 Å². The molecule has 1 fully saturated rings. The van der Waals surface area contributed by atoms with Gasteiger partial charge in [-0.15, -0.1) is 0 Å². The van der Waals surface area contributed by atoms with Gasteiger partial charge in [0.2, 0.25) is 0 Å². The van der Waals surface area contributed by atoms with Gasteiger partial charge in [0.15, 0.2) is 0 Å². The first-order valence-corrected chi connectivity index (χ1v) is 13.3. The number of aromatic nitrogens is 4. The second-order valence-corrected chi connectivity index (χ2v) is 11.0. The number of imidazole rings is 1. The van der Waals surface area contributed by atoms with E-state index in [-0.39, 0.29) is 34.8 Å². The number of rotatable bonds is 6. The van der Waals surface area contributed by atoms with E-state index in [1.807, 2.05) is 13.0 Å². The van der Waals surface area contributed by atoms with E-state index in [0.717, 1.165) is 23.4 Å². The lowest BCUT2D eigenvalue weighted by Crippen LogP contribution is -2.62. The van der Waals surface area contributed by atoms with Crippen LogP contribution >= 0.6 is 0 Å². The molecule has 0 radical (unpaired) electrons. The molecule has 3 aromatic heterocycles. The minimum absolute atomic E-state index is 0.0444. The highest BCUT2D eigenvalue weighted by molar-refractivity contribution is 5.68. The van der Waals surface area contributed by atoms with Crippen LogP contribution in [0.5, 0.6) is 0 Å². The molecule has 4 aromatic rings. The summed E-state index contributed by atoms with van der Waals surface area (Å²) in [7, 11) is 1.32. The number of halogens is 2. The Labute approximate surface area is 236 Å². The number of alkyl carbamates (subject to hydrolysis) is 1. The van der Waals surface area contributed by atoms with Crippen molar-refractivity contribution in [3.05, 3.63) is 77.5 Å². The Kier molecular flexibility index (Phi) is 7.62. The third kappa shape index (κ3) is 5.70. The third-order valence-electron chi connectivity index (χ3n) is 7.51. The maximum atomic E-state index is 15.1. The fourth-order valence-electron chi connectivity index (χ4n) is 5.36. The second kappa shape index (κ2) is 11.0. The molecule has 0 spiro atoms. The van der Waals surface area contributed by atoms with Crippen molar-refractivity contribution in [2.45, 2.75) is 44.9 Å². The van der Waals surface area contributed by atoms with Gasteiger partial charge in [-0.3, -0.25) is 4.98 Å². The van der Waals surface area contributed by atoms with Crippen molar-refractivity contribution in [1.82, 2.24) is 24.9 Å². The number of pyridine rings is 1. The Morgan fingerprint density at radius 1 is 1.20 bits per heavy atom. The number of aliphatic hydroxyl groups is 1. The first kappa shape index (κ1) is 28.4. The second-order valence-electron chi connectivity index (χ2n) is 11.0. The number of fused-ring (bicyclic) bond motifs is 1. The zero-order valence-corrected chi connectivity index (χ0v) is 23.3. The SMILES string of the molecule is COC(=O)N[C@@H]1[C@H](N)CN(c2ccncc2Cc2ncc3ccc(-c4c(F)cc(C(C)(C)O)cc4F)nn23)C[C@@H]1C. The van der Waals surface area contributed by atoms with Crippen LogP contribution in [-0.4, -0.2) is 63.1 Å². The number of benzene rings is 1. The van der Waals surface area contributed by atoms with Crippen molar-refractivity contribution < 1.29 is 23.4 Å². The van der Waals surface area contributed by atoms with E-state index < -0.39 is 23.3 Å². The number of methoxy groups -OCH3 is 1. The molecule has 10 nitrogen and oxygen atoms in total. The zero-order valence-electron chi connectivity index (χ0n) is 23.3. The van der Waals surface area contributed by atoms with E-state index in [0.29, 0.717) is 30.9 Å². The average molecular weight is 566 g/mol. The molecule has 0 unspecified atom stereocenters. The predicted octanol–water partition coefficient (Wildman–Crippen LogP) is 3.40. The van der Waals surface area contributed by atoms with Crippen LogP contribution in [0.3, 0.4) is 0 Å². The minimum Gasteiger partial charge on any atom is -0.453 e. The zero-order chi connectivity index (χ0) is 29.5. The largest absolute Gasteiger partial charge is 0.453 e. The Morgan fingerprint density at radius 2 is 1.93 bits per heavy atom. The van der Waals surface area contributed by atoms with Crippen LogP contribution in [-0.2, 0) is 16.8 Å². The van der Waals surface area contributed by atoms with Gasteiger partial charge in [-0.2, -0.15) is 5.10 Å². The Hall–Kier alpha value is -4.16. The molecular formula is C29H33F2N7O3. The molecule has 1 saturated heterocycles. The summed E-state index contributed by atoms with van der Waals surface area (Å²) in [5.41, 5.74) is 7.46. The molecule has 4 heterocycles. The lowest BCUT2D eigenvalue weighted by molar-refractivity contribution is 0.0779. The smallest absolute Gasteiger partial charge is 0.407 e. The molecule has 3 atom stereocenters. The molecule has 1 aliphatic heterocycles. The Morgan fingerprint density at radius 3 is 2.59 bits per heavy atom. The van der Waals surface area contributed by atoms with Crippen LogP contribution < -0.4 is 16.0 Å². The monoisotopic (exact) mass is 565 g/mol. The molecule has 4 N–H and O–H groups in total. The molecule has 1 amide bonds. The standard InChI is InChI=1S/C29H33F2N7O3/c1-16-14-37(15-22(32)27(16)35-28(39)41-4)24-7-8-33-12-17(24)9-25-34-13-19-5-6-23(36-38(19)25)26-20(30)10-18(11-21(26)31)29(2,3)40/h5-8,10-13,16,22,27,40H,9,14-15,32H2,1-4H3,(H,35,39)/t16-,22+,27-/m0/s1. The van der Waals surface area contributed by atoms with Gasteiger partial charge >= 0.3 is 6.09 Å². The van der Waals surface area contributed by atoms with E-state index in [1.54, 1.807) is 29.2 Å². The molecular weight excluding hydrogens is 532 g/mol. The van der Waals surface area contributed by atoms with Gasteiger partial charge in [-0.1, -0.05) is 6.92 Å². The van der Waals surface area contributed by atoms with Gasteiger partial charge in [0.05, 0.1) is 41.7 Å². The van der Waals surface area contributed by atoms with Crippen molar-refractivity contribution >= 4 is 17.3 Å². The molecule has 41 heavy (non-hydrogen) atoms. The maximum Gasteiger partial charge on any atom is 0.407 e. The Bertz CT molecular complexity index is 1550. The number of nitrogens with one attached hydrogen (secondary N) is 1. The number of carbonyl (C=O) groups excluding carboxylic acids is 1. The van der Waals surface area contributed by atoms with Crippen molar-refractivity contribution in [3.63, 3.8) is 0 Å². The summed E-state index contributed by atoms with van der Waals surface area (Å²) in [6.07, 6.45) is 4.94. The first-order valence-electron chi connectivity index (χ1n) is 13.3. The third-order valence-corrected chi connectivity index (χ3v) is 7.51. The lowest BCUT2D eigenvalue weighted by Gasteiger charge is -2.42. The maximum absolute atomic E-state index is 15.1. The van der Waals surface area contributed by atoms with Gasteiger partial charge in [0.25, 0.3) is 0 Å². The molecule has 5 rings (SSSR count). The van der Waals surface area contributed by atoms with E-state index in [2.05, 4.69) is 25.3 Å². The normalized spacial score (nSPS) is 19.4. The fraction of sp³-hybridized carbons (Fsp3) is 0.379. The Balaban J connectivity index is 1.44. The summed E-state index contributed by atoms with van der Waals surface area (Å²) in [6.45, 7) is 6.09. The molecule has 216 valence electrons. The molecule has 0 saturated carbocycles. The summed E-state index contributed by atoms with van der Waals surface area (Å²) >= 11 is 0. The van der Waals surface area contributed by atoms with Crippen molar-refractivity contribution in [2.24, 2.45) is 11.7 Å². The molecule has 0 aliphatic carbocycles. The van der Waals surface area contributed by atoms with Gasteiger partial charge in [-0.05, 0) is 55.7 Å². The summed E-state index contributed by atoms with van der Waals surface area (Å²) in [6, 6.07) is 6.83. The number of amides is 1. The van der Waals surface area contributed by atoms with E-state index in [1.165, 1.54) is 27.0 Å². The van der Waals surface area contributed by atoms with Gasteiger partial charge in [0, 0.05) is 49.2 Å². The quantitative estimate of drug-likeness (QED) is 0.324. The summed E-state index contributed by atoms with van der Waals surface area (Å²) < 4.78 is 36.5. The van der Waals surface area contributed by atoms with E-state index in [4.69, 9.17) is 10.5 Å². The fourth-order valence-corrected chi connectivity index (χ4v) is 5.36. The van der Waals surface area contributed by atoms with Gasteiger partial charge in [-0.25, -0.2) is 23.1 Å². The van der Waals surface area contributed by atoms with Gasteiger partial charge < -0.3 is 25.8 Å². The first-order chi connectivity index (χ1) is 19.5. The van der Waals surface area contributed by atoms with Crippen LogP contribution in [0, 0.1) is 17.6 Å². The van der Waals surface area contributed by atoms with Crippen LogP contribution in [0.15, 0.2) is 48.9 Å². The number of carbonyl (C=O) groups is 1. The van der Waals surface area contributed by atoms with Crippen molar-refractivity contribution in [3.8, 4) is 11.3 Å². The van der Waals surface area contributed by atoms with Crippen LogP contribution in [0.1, 0.15) is 37.7 Å². The highest BCUT2D eigenvalue weighted by Crippen LogP contribution is 2.31. The summed E-state index contributed by atoms with van der Waals surface area (Å²) in [4.78, 5) is 22.8. The lowest BCUT2D eigenvalue weighted by atomic mass is 9.89. The highest BCUT2D eigenvalue weighted by Gasteiger charge is 2.34. The molecule has 12 heteroatoms. The number of anilines is 1. The predicted molar refractivity (Wildman–Crippen MR) is 149 cm³/mol. The number of nitrogens with zero attached hydrogens (tertiary/aromatic N) is 5. The highest BCUT2D eigenvalue weighted by atomic mass is 19.1. The van der Waals surface area contributed by atoms with E-state index >= 15 is 8.78 Å². The number of hydrogen-bond donors (Lipinski definition) is 3. The average Bonchev–Trinajstić information content (AvgIpc) is 3.31. The molecule has 0 bridgehead atoms. The van der Waals surface area contributed by atoms with Crippen molar-refractivity contribution in [1.29, 1.82) is 0 Å². The number of piperidine rings is 1. The van der Waals surface area contributed by atoms with Gasteiger partial charge in [0.1, 0.15) is 17.5 Å². The minimum atomic E-state index is -1.40. The number of nitrogens with two attached hydrogens (primary N) is 1. The summed E-state index contributed by atoms with van der Waals surface area (Å²) in [5.74, 6) is -1.03. The summed E-state index contributed by atoms with van der Waals surface area (Å²) in [5, 5.41) is 17.6. The number of ether oxygens (including phenoxy) is 1. The van der Waals surface area contributed by atoms with Crippen LogP contribution in [0.25, 0.3) is 16.8 Å². The number of hydrogen-bond acceptors (Lipinski definition) is 8. The van der Waals surface area contributed by atoms with Crippen LogP contribution in [0.4, 0.5) is 19.3 Å². The molecule has 1 aliphatic rings. The molecule has 1 aromatic carbocycles. The van der Waals surface area contributed by atoms with E-state index in [9.17, 15) is 9.90 Å². The van der Waals surface area contributed by atoms with Crippen LogP contribution in [0.2, 0.25) is 0 Å².